The summed E-state index contributed by atoms with van der Waals surface area (Å²) in [4.78, 5) is 40.3. The molecule has 0 aliphatic carbocycles. The Morgan fingerprint density at radius 1 is 1.17 bits per heavy atom. The molecule has 3 aromatic rings. The zero-order valence-electron chi connectivity index (χ0n) is 20.0. The van der Waals surface area contributed by atoms with Gasteiger partial charge >= 0.3 is 0 Å². The molecule has 0 saturated heterocycles. The van der Waals surface area contributed by atoms with Crippen molar-refractivity contribution >= 4 is 40.6 Å². The van der Waals surface area contributed by atoms with Gasteiger partial charge in [0.25, 0.3) is 17.7 Å². The van der Waals surface area contributed by atoms with Crippen molar-refractivity contribution < 1.29 is 23.5 Å². The van der Waals surface area contributed by atoms with Gasteiger partial charge in [-0.3, -0.25) is 19.3 Å². The van der Waals surface area contributed by atoms with E-state index in [2.05, 4.69) is 23.5 Å². The van der Waals surface area contributed by atoms with Gasteiger partial charge in [0.2, 0.25) is 0 Å². The molecule has 0 saturated carbocycles. The lowest BCUT2D eigenvalue weighted by molar-refractivity contribution is -0.123. The van der Waals surface area contributed by atoms with Crippen molar-refractivity contribution in [1.29, 1.82) is 0 Å². The number of rotatable bonds is 10. The molecule has 0 aliphatic rings. The van der Waals surface area contributed by atoms with Crippen molar-refractivity contribution in [3.63, 3.8) is 0 Å². The van der Waals surface area contributed by atoms with Gasteiger partial charge in [0.05, 0.1) is 12.3 Å². The van der Waals surface area contributed by atoms with Crippen LogP contribution in [0, 0.1) is 6.92 Å². The minimum Gasteiger partial charge on any atom is -0.464 e. The molecule has 5 N–H and O–H groups in total. The third-order valence-electron chi connectivity index (χ3n) is 5.35. The summed E-state index contributed by atoms with van der Waals surface area (Å²) in [5.74, 6) is -0.838. The van der Waals surface area contributed by atoms with Crippen molar-refractivity contribution in [3.05, 3.63) is 64.1 Å². The molecule has 1 aromatic carbocycles. The van der Waals surface area contributed by atoms with Crippen molar-refractivity contribution in [3.8, 4) is 0 Å². The first kappa shape index (κ1) is 25.9. The Balaban J connectivity index is 2.15. The highest BCUT2D eigenvalue weighted by Crippen LogP contribution is 2.34. The standard InChI is InChI=1S/C24H29N5O5S/c1-13(2)15-6-8-16(9-7-15)29(24(32)21-18(25)19(22(26)30)28-35-21)20(17-10-5-14(3)34-17)23(31)27-11-12-33-4/h5-10,13,20H,11-12,25H2,1-4H3,(H2,26,30)(H,27,31)/t20-/m0/s1. The molecule has 186 valence electrons. The molecule has 10 nitrogen and oxygen atoms in total. The lowest BCUT2D eigenvalue weighted by atomic mass is 10.0. The summed E-state index contributed by atoms with van der Waals surface area (Å²) in [6.45, 7) is 6.37. The van der Waals surface area contributed by atoms with Crippen molar-refractivity contribution in [2.45, 2.75) is 32.7 Å². The van der Waals surface area contributed by atoms with Gasteiger partial charge in [0.15, 0.2) is 11.7 Å². The van der Waals surface area contributed by atoms with E-state index in [1.54, 1.807) is 31.2 Å². The molecule has 1 atom stereocenters. The summed E-state index contributed by atoms with van der Waals surface area (Å²) in [5.41, 5.74) is 12.6. The topological polar surface area (TPSA) is 154 Å². The number of aryl methyl sites for hydroxylation is 1. The van der Waals surface area contributed by atoms with Crippen LogP contribution in [0.25, 0.3) is 0 Å². The number of carbonyl (C=O) groups is 3. The zero-order valence-corrected chi connectivity index (χ0v) is 20.8. The summed E-state index contributed by atoms with van der Waals surface area (Å²) in [6.07, 6.45) is 0. The fraction of sp³-hybridized carbons (Fsp3) is 0.333. The molecule has 0 bridgehead atoms. The van der Waals surface area contributed by atoms with E-state index < -0.39 is 23.8 Å². The van der Waals surface area contributed by atoms with Crippen LogP contribution in [-0.4, -0.2) is 42.4 Å². The smallest absolute Gasteiger partial charge is 0.273 e. The molecule has 0 radical (unpaired) electrons. The lowest BCUT2D eigenvalue weighted by Gasteiger charge is -2.30. The molecule has 11 heteroatoms. The molecule has 0 unspecified atom stereocenters. The van der Waals surface area contributed by atoms with E-state index in [1.807, 2.05) is 12.1 Å². The number of amides is 3. The van der Waals surface area contributed by atoms with Crippen molar-refractivity contribution in [1.82, 2.24) is 9.69 Å². The number of carbonyl (C=O) groups excluding carboxylic acids is 3. The highest BCUT2D eigenvalue weighted by molar-refractivity contribution is 7.09. The average Bonchev–Trinajstić information content (AvgIpc) is 3.42. The molecule has 3 amide bonds. The van der Waals surface area contributed by atoms with E-state index in [1.165, 1.54) is 12.0 Å². The Bertz CT molecular complexity index is 1200. The van der Waals surface area contributed by atoms with Crippen LogP contribution in [0.4, 0.5) is 11.4 Å². The van der Waals surface area contributed by atoms with Crippen LogP contribution in [0.5, 0.6) is 0 Å². The number of hydrogen-bond acceptors (Lipinski definition) is 8. The van der Waals surface area contributed by atoms with E-state index in [-0.39, 0.29) is 41.1 Å². The number of nitrogens with two attached hydrogens (primary N) is 2. The van der Waals surface area contributed by atoms with Gasteiger partial charge in [-0.1, -0.05) is 26.0 Å². The summed E-state index contributed by atoms with van der Waals surface area (Å²) < 4.78 is 14.8. The highest BCUT2D eigenvalue weighted by Gasteiger charge is 2.37. The normalized spacial score (nSPS) is 11.9. The number of hydrogen-bond donors (Lipinski definition) is 3. The summed E-state index contributed by atoms with van der Waals surface area (Å²) in [7, 11) is 1.52. The first-order valence-electron chi connectivity index (χ1n) is 11.0. The number of aromatic nitrogens is 1. The maximum atomic E-state index is 13.9. The second-order valence-electron chi connectivity index (χ2n) is 8.19. The fourth-order valence-electron chi connectivity index (χ4n) is 3.49. The number of nitrogen functional groups attached to an aromatic ring is 1. The number of primary amides is 1. The van der Waals surface area contributed by atoms with Crippen LogP contribution < -0.4 is 21.7 Å². The third kappa shape index (κ3) is 5.69. The number of anilines is 2. The summed E-state index contributed by atoms with van der Waals surface area (Å²) in [5, 5.41) is 2.78. The molecule has 0 spiro atoms. The van der Waals surface area contributed by atoms with Crippen LogP contribution >= 0.6 is 11.5 Å². The molecule has 35 heavy (non-hydrogen) atoms. The van der Waals surface area contributed by atoms with Crippen LogP contribution in [0.1, 0.15) is 63.1 Å². The van der Waals surface area contributed by atoms with Gasteiger partial charge in [-0.2, -0.15) is 4.37 Å². The van der Waals surface area contributed by atoms with E-state index in [0.717, 1.165) is 17.1 Å². The average molecular weight is 500 g/mol. The van der Waals surface area contributed by atoms with Crippen LogP contribution in [0.15, 0.2) is 40.8 Å². The summed E-state index contributed by atoms with van der Waals surface area (Å²) in [6, 6.07) is 9.47. The molecular weight excluding hydrogens is 470 g/mol. The molecule has 2 heterocycles. The second kappa shape index (κ2) is 11.2. The molecular formula is C24H29N5O5S. The van der Waals surface area contributed by atoms with Gasteiger partial charge in [0.1, 0.15) is 16.4 Å². The predicted octanol–water partition coefficient (Wildman–Crippen LogP) is 3.00. The van der Waals surface area contributed by atoms with Gasteiger partial charge in [0, 0.05) is 19.3 Å². The number of benzene rings is 1. The Labute approximate surface area is 207 Å². The van der Waals surface area contributed by atoms with Gasteiger partial charge < -0.3 is 25.9 Å². The molecule has 2 aromatic heterocycles. The number of methoxy groups -OCH3 is 1. The molecule has 0 fully saturated rings. The quantitative estimate of drug-likeness (QED) is 0.362. The van der Waals surface area contributed by atoms with Crippen molar-refractivity contribution in [2.75, 3.05) is 30.9 Å². The minimum atomic E-state index is -1.17. The first-order valence-corrected chi connectivity index (χ1v) is 11.7. The number of ether oxygens (including phenoxy) is 1. The second-order valence-corrected chi connectivity index (χ2v) is 8.97. The Morgan fingerprint density at radius 2 is 1.86 bits per heavy atom. The van der Waals surface area contributed by atoms with Gasteiger partial charge in [-0.15, -0.1) is 0 Å². The van der Waals surface area contributed by atoms with Crippen LogP contribution in [-0.2, 0) is 9.53 Å². The van der Waals surface area contributed by atoms with E-state index in [9.17, 15) is 14.4 Å². The number of nitrogens with zero attached hydrogens (tertiary/aromatic N) is 2. The maximum Gasteiger partial charge on any atom is 0.273 e. The lowest BCUT2D eigenvalue weighted by Crippen LogP contribution is -2.44. The maximum absolute atomic E-state index is 13.9. The fourth-order valence-corrected chi connectivity index (χ4v) is 4.23. The minimum absolute atomic E-state index is 0.00953. The first-order chi connectivity index (χ1) is 16.6. The van der Waals surface area contributed by atoms with Crippen LogP contribution in [0.3, 0.4) is 0 Å². The summed E-state index contributed by atoms with van der Waals surface area (Å²) >= 11 is 0.745. The number of furan rings is 1. The Kier molecular flexibility index (Phi) is 8.26. The number of nitrogens with one attached hydrogen (secondary N) is 1. The monoisotopic (exact) mass is 499 g/mol. The van der Waals surface area contributed by atoms with Gasteiger partial charge in [-0.25, -0.2) is 0 Å². The molecule has 3 rings (SSSR count). The third-order valence-corrected chi connectivity index (χ3v) is 6.21. The van der Waals surface area contributed by atoms with Gasteiger partial charge in [-0.05, 0) is 54.2 Å². The van der Waals surface area contributed by atoms with E-state index in [0.29, 0.717) is 11.4 Å². The zero-order chi connectivity index (χ0) is 25.7. The predicted molar refractivity (Wildman–Crippen MR) is 133 cm³/mol. The Hall–Kier alpha value is -3.70. The Morgan fingerprint density at radius 3 is 2.37 bits per heavy atom. The van der Waals surface area contributed by atoms with E-state index in [4.69, 9.17) is 20.6 Å². The van der Waals surface area contributed by atoms with E-state index >= 15 is 0 Å². The highest BCUT2D eigenvalue weighted by atomic mass is 32.1. The van der Waals surface area contributed by atoms with Crippen LogP contribution in [0.2, 0.25) is 0 Å². The van der Waals surface area contributed by atoms with Crippen molar-refractivity contribution in [2.24, 2.45) is 5.73 Å². The molecule has 0 aliphatic heterocycles. The largest absolute Gasteiger partial charge is 0.464 e. The SMILES string of the molecule is COCCNC(=O)[C@H](c1ccc(C)o1)N(C(=O)c1snc(C(N)=O)c1N)c1ccc(C(C)C)cc1.